The number of carbonyl (C=O) groups is 3. The molecule has 0 bridgehead atoms. The lowest BCUT2D eigenvalue weighted by atomic mass is 9.83. The summed E-state index contributed by atoms with van der Waals surface area (Å²) < 4.78 is 12.0. The first kappa shape index (κ1) is 23.1. The van der Waals surface area contributed by atoms with Gasteiger partial charge in [-0.25, -0.2) is 4.79 Å². The molecule has 1 aromatic rings. The summed E-state index contributed by atoms with van der Waals surface area (Å²) in [6.45, 7) is 8.40. The minimum absolute atomic E-state index is 0.0147. The predicted octanol–water partition coefficient (Wildman–Crippen LogP) is 3.06. The highest BCUT2D eigenvalue weighted by molar-refractivity contribution is 6.06. The average molecular weight is 407 g/mol. The number of esters is 1. The van der Waals surface area contributed by atoms with Crippen LogP contribution in [-0.4, -0.2) is 60.0 Å². The molecule has 1 saturated carbocycles. The molecule has 2 rings (SSSR count). The summed E-state index contributed by atoms with van der Waals surface area (Å²) in [7, 11) is 3.38. The zero-order valence-corrected chi connectivity index (χ0v) is 18.5. The van der Waals surface area contributed by atoms with Crippen molar-refractivity contribution in [3.8, 4) is 0 Å². The number of carbonyl (C=O) groups excluding carboxylic acids is 3. The third-order valence-corrected chi connectivity index (χ3v) is 5.98. The SMILES string of the molecule is CCOC(=O)c1c(C)c(C(=O)C(C)N(CCCOC)C(=O)C2CCC2)c(C)n1C. The van der Waals surface area contributed by atoms with E-state index >= 15 is 0 Å². The van der Waals surface area contributed by atoms with Crippen LogP contribution in [0.5, 0.6) is 0 Å². The van der Waals surface area contributed by atoms with E-state index in [1.54, 1.807) is 44.4 Å². The van der Waals surface area contributed by atoms with Gasteiger partial charge in [0, 0.05) is 44.5 Å². The van der Waals surface area contributed by atoms with Gasteiger partial charge in [-0.2, -0.15) is 0 Å². The number of amides is 1. The number of methoxy groups -OCH3 is 1. The van der Waals surface area contributed by atoms with E-state index < -0.39 is 12.0 Å². The van der Waals surface area contributed by atoms with Gasteiger partial charge in [0.25, 0.3) is 0 Å². The van der Waals surface area contributed by atoms with E-state index in [0.29, 0.717) is 42.1 Å². The van der Waals surface area contributed by atoms with Crippen LogP contribution < -0.4 is 0 Å². The Balaban J connectivity index is 2.33. The maximum Gasteiger partial charge on any atom is 0.355 e. The third-order valence-electron chi connectivity index (χ3n) is 5.98. The van der Waals surface area contributed by atoms with Gasteiger partial charge >= 0.3 is 5.97 Å². The molecule has 1 atom stereocenters. The Labute approximate surface area is 173 Å². The van der Waals surface area contributed by atoms with Gasteiger partial charge in [-0.3, -0.25) is 9.59 Å². The Morgan fingerprint density at radius 3 is 2.41 bits per heavy atom. The van der Waals surface area contributed by atoms with Gasteiger partial charge in [-0.05, 0) is 52.5 Å². The fourth-order valence-corrected chi connectivity index (χ4v) is 3.94. The quantitative estimate of drug-likeness (QED) is 0.339. The van der Waals surface area contributed by atoms with Crippen molar-refractivity contribution in [2.24, 2.45) is 13.0 Å². The van der Waals surface area contributed by atoms with E-state index in [4.69, 9.17) is 9.47 Å². The molecule has 1 unspecified atom stereocenters. The van der Waals surface area contributed by atoms with Crippen LogP contribution in [0.3, 0.4) is 0 Å². The molecule has 29 heavy (non-hydrogen) atoms. The van der Waals surface area contributed by atoms with Crippen molar-refractivity contribution < 1.29 is 23.9 Å². The number of aromatic nitrogens is 1. The van der Waals surface area contributed by atoms with Crippen LogP contribution in [0.15, 0.2) is 0 Å². The second-order valence-corrected chi connectivity index (χ2v) is 7.76. The molecule has 0 radical (unpaired) electrons. The molecule has 1 aliphatic carbocycles. The molecule has 7 heteroatoms. The van der Waals surface area contributed by atoms with E-state index in [0.717, 1.165) is 19.3 Å². The van der Waals surface area contributed by atoms with Gasteiger partial charge in [0.15, 0.2) is 5.78 Å². The number of Topliss-reactive ketones (excluding diaryl/α,β-unsaturated/α-hetero) is 1. The summed E-state index contributed by atoms with van der Waals surface area (Å²) >= 11 is 0. The summed E-state index contributed by atoms with van der Waals surface area (Å²) in [6, 6.07) is -0.602. The van der Waals surface area contributed by atoms with E-state index in [2.05, 4.69) is 0 Å². The number of hydrogen-bond donors (Lipinski definition) is 0. The lowest BCUT2D eigenvalue weighted by Gasteiger charge is -2.35. The van der Waals surface area contributed by atoms with Crippen LogP contribution in [0.2, 0.25) is 0 Å². The highest BCUT2D eigenvalue weighted by Crippen LogP contribution is 2.30. The zero-order valence-electron chi connectivity index (χ0n) is 18.5. The van der Waals surface area contributed by atoms with Gasteiger partial charge in [0.05, 0.1) is 12.6 Å². The van der Waals surface area contributed by atoms with E-state index in [9.17, 15) is 14.4 Å². The molecule has 0 N–H and O–H groups in total. The summed E-state index contributed by atoms with van der Waals surface area (Å²) in [6.07, 6.45) is 3.51. The number of ketones is 1. The average Bonchev–Trinajstić information content (AvgIpc) is 2.85. The van der Waals surface area contributed by atoms with Gasteiger partial charge in [0.1, 0.15) is 5.69 Å². The lowest BCUT2D eigenvalue weighted by molar-refractivity contribution is -0.139. The molecular weight excluding hydrogens is 372 g/mol. The molecule has 0 aromatic carbocycles. The van der Waals surface area contributed by atoms with Gasteiger partial charge < -0.3 is 18.9 Å². The number of ether oxygens (including phenoxy) is 2. The minimum Gasteiger partial charge on any atom is -0.461 e. The Morgan fingerprint density at radius 2 is 1.90 bits per heavy atom. The number of hydrogen-bond acceptors (Lipinski definition) is 5. The molecular formula is C22H34N2O5. The Kier molecular flexibility index (Phi) is 8.02. The van der Waals surface area contributed by atoms with Gasteiger partial charge in [-0.1, -0.05) is 6.42 Å². The summed E-state index contributed by atoms with van der Waals surface area (Å²) in [4.78, 5) is 40.5. The molecule has 1 heterocycles. The van der Waals surface area contributed by atoms with Crippen LogP contribution in [0.25, 0.3) is 0 Å². The van der Waals surface area contributed by atoms with Crippen molar-refractivity contribution in [1.82, 2.24) is 9.47 Å². The molecule has 7 nitrogen and oxygen atoms in total. The van der Waals surface area contributed by atoms with Crippen molar-refractivity contribution in [2.45, 2.75) is 59.4 Å². The van der Waals surface area contributed by atoms with Crippen molar-refractivity contribution in [2.75, 3.05) is 26.9 Å². The van der Waals surface area contributed by atoms with E-state index in [1.165, 1.54) is 0 Å². The molecule has 1 aliphatic rings. The number of nitrogens with zero attached hydrogens (tertiary/aromatic N) is 2. The van der Waals surface area contributed by atoms with Crippen molar-refractivity contribution in [1.29, 1.82) is 0 Å². The smallest absolute Gasteiger partial charge is 0.355 e. The van der Waals surface area contributed by atoms with Crippen molar-refractivity contribution >= 4 is 17.7 Å². The zero-order chi connectivity index (χ0) is 21.7. The fraction of sp³-hybridized carbons (Fsp3) is 0.682. The van der Waals surface area contributed by atoms with Crippen LogP contribution in [0.4, 0.5) is 0 Å². The van der Waals surface area contributed by atoms with Gasteiger partial charge in [-0.15, -0.1) is 0 Å². The van der Waals surface area contributed by atoms with Crippen LogP contribution in [0.1, 0.15) is 71.6 Å². The van der Waals surface area contributed by atoms with Gasteiger partial charge in [0.2, 0.25) is 5.91 Å². The van der Waals surface area contributed by atoms with E-state index in [1.807, 2.05) is 6.92 Å². The van der Waals surface area contributed by atoms with Crippen LogP contribution in [0, 0.1) is 19.8 Å². The van der Waals surface area contributed by atoms with Crippen LogP contribution >= 0.6 is 0 Å². The maximum atomic E-state index is 13.4. The molecule has 0 saturated heterocycles. The first-order valence-electron chi connectivity index (χ1n) is 10.4. The Bertz CT molecular complexity index is 764. The fourth-order valence-electron chi connectivity index (χ4n) is 3.94. The second-order valence-electron chi connectivity index (χ2n) is 7.76. The lowest BCUT2D eigenvalue weighted by Crippen LogP contribution is -2.48. The Hall–Kier alpha value is -2.15. The normalized spacial score (nSPS) is 15.0. The Morgan fingerprint density at radius 1 is 1.24 bits per heavy atom. The molecule has 1 aromatic heterocycles. The monoisotopic (exact) mass is 406 g/mol. The minimum atomic E-state index is -0.602. The second kappa shape index (κ2) is 10.1. The first-order valence-corrected chi connectivity index (χ1v) is 10.4. The third kappa shape index (κ3) is 4.71. The van der Waals surface area contributed by atoms with Crippen molar-refractivity contribution in [3.05, 3.63) is 22.5 Å². The van der Waals surface area contributed by atoms with Crippen molar-refractivity contribution in [3.63, 3.8) is 0 Å². The maximum absolute atomic E-state index is 13.4. The largest absolute Gasteiger partial charge is 0.461 e. The standard InChI is InChI=1S/C22H34N2O5/c1-7-29-22(27)19-14(2)18(15(3)23(19)5)20(25)16(4)24(12-9-13-28-6)21(26)17-10-8-11-17/h16-17H,7-13H2,1-6H3. The molecule has 162 valence electrons. The molecule has 1 fully saturated rings. The summed E-state index contributed by atoms with van der Waals surface area (Å²) in [5, 5.41) is 0. The first-order chi connectivity index (χ1) is 13.8. The highest BCUT2D eigenvalue weighted by Gasteiger charge is 2.36. The molecule has 0 aliphatic heterocycles. The highest BCUT2D eigenvalue weighted by atomic mass is 16.5. The molecule has 0 spiro atoms. The number of rotatable bonds is 10. The van der Waals surface area contributed by atoms with E-state index in [-0.39, 0.29) is 24.2 Å². The summed E-state index contributed by atoms with van der Waals surface area (Å²) in [5.41, 5.74) is 2.20. The topological polar surface area (TPSA) is 77.8 Å². The van der Waals surface area contributed by atoms with Crippen LogP contribution in [-0.2, 0) is 21.3 Å². The predicted molar refractivity (Wildman–Crippen MR) is 110 cm³/mol. The molecule has 1 amide bonds. The summed E-state index contributed by atoms with van der Waals surface area (Å²) in [5.74, 6) is -0.521.